The predicted molar refractivity (Wildman–Crippen MR) is 135 cm³/mol. The molecule has 1 aliphatic carbocycles. The van der Waals surface area contributed by atoms with Crippen molar-refractivity contribution in [3.05, 3.63) is 77.7 Å². The molecule has 3 aromatic rings. The summed E-state index contributed by atoms with van der Waals surface area (Å²) in [6, 6.07) is 16.5. The summed E-state index contributed by atoms with van der Waals surface area (Å²) in [6.07, 6.45) is 6.47. The van der Waals surface area contributed by atoms with E-state index in [0.29, 0.717) is 19.4 Å². The summed E-state index contributed by atoms with van der Waals surface area (Å²) in [5.41, 5.74) is 3.70. The standard InChI is InChI=1S/C27H33N3O4S/c1-3-26(31)29-25-13-11-21-10-12-22(17-23(21)24(25)16-20-8-5-4-6-9-20)34-14-7-15-35(32,33)27-18-30(2)19-28-27/h4-6,8-10,12,17-19,24-25H,3,7,11,13-16H2,1-2H3,(H,29,31). The number of imidazole rings is 1. The first-order valence-corrected chi connectivity index (χ1v) is 13.8. The number of carbonyl (C=O) groups is 1. The minimum absolute atomic E-state index is 0.0172. The molecule has 1 N–H and O–H groups in total. The van der Waals surface area contributed by atoms with Crippen molar-refractivity contribution in [3.63, 3.8) is 0 Å². The first-order valence-electron chi connectivity index (χ1n) is 12.2. The Labute approximate surface area is 207 Å². The normalized spacial score (nSPS) is 17.5. The molecule has 2 aromatic carbocycles. The van der Waals surface area contributed by atoms with Gasteiger partial charge in [-0.05, 0) is 54.5 Å². The molecule has 1 aliphatic rings. The molecule has 0 saturated heterocycles. The van der Waals surface area contributed by atoms with Crippen molar-refractivity contribution >= 4 is 15.7 Å². The largest absolute Gasteiger partial charge is 0.494 e. The summed E-state index contributed by atoms with van der Waals surface area (Å²) >= 11 is 0. The molecular weight excluding hydrogens is 462 g/mol. The SMILES string of the molecule is CCC(=O)NC1CCc2ccc(OCCCS(=O)(=O)c3cn(C)cn3)cc2C1Cc1ccccc1. The van der Waals surface area contributed by atoms with Gasteiger partial charge in [-0.2, -0.15) is 0 Å². The van der Waals surface area contributed by atoms with Crippen molar-refractivity contribution in [1.82, 2.24) is 14.9 Å². The number of aromatic nitrogens is 2. The number of aryl methyl sites for hydroxylation is 2. The summed E-state index contributed by atoms with van der Waals surface area (Å²) in [4.78, 5) is 16.2. The van der Waals surface area contributed by atoms with Gasteiger partial charge in [0.15, 0.2) is 14.9 Å². The summed E-state index contributed by atoms with van der Waals surface area (Å²) in [5, 5.41) is 3.33. The van der Waals surface area contributed by atoms with E-state index in [9.17, 15) is 13.2 Å². The molecular formula is C27H33N3O4S. The Morgan fingerprint density at radius 2 is 2.00 bits per heavy atom. The van der Waals surface area contributed by atoms with E-state index in [4.69, 9.17) is 4.74 Å². The summed E-state index contributed by atoms with van der Waals surface area (Å²) in [7, 11) is -1.68. The third-order valence-corrected chi connectivity index (χ3v) is 8.19. The maximum Gasteiger partial charge on any atom is 0.219 e. The highest BCUT2D eigenvalue weighted by atomic mass is 32.2. The molecule has 1 heterocycles. The van der Waals surface area contributed by atoms with E-state index < -0.39 is 9.84 Å². The van der Waals surface area contributed by atoms with Crippen LogP contribution in [0.3, 0.4) is 0 Å². The predicted octanol–water partition coefficient (Wildman–Crippen LogP) is 3.83. The van der Waals surface area contributed by atoms with Crippen LogP contribution in [-0.2, 0) is 34.5 Å². The molecule has 2 unspecified atom stereocenters. The second-order valence-corrected chi connectivity index (χ2v) is 11.2. The number of rotatable bonds is 10. The lowest BCUT2D eigenvalue weighted by Crippen LogP contribution is -2.42. The Kier molecular flexibility index (Phi) is 7.90. The number of nitrogens with one attached hydrogen (secondary N) is 1. The molecule has 0 radical (unpaired) electrons. The van der Waals surface area contributed by atoms with Gasteiger partial charge in [-0.15, -0.1) is 0 Å². The number of ether oxygens (including phenoxy) is 1. The number of nitrogens with zero attached hydrogens (tertiary/aromatic N) is 2. The number of hydrogen-bond acceptors (Lipinski definition) is 5. The van der Waals surface area contributed by atoms with Crippen molar-refractivity contribution < 1.29 is 17.9 Å². The Morgan fingerprint density at radius 3 is 2.71 bits per heavy atom. The molecule has 0 saturated carbocycles. The highest BCUT2D eigenvalue weighted by Crippen LogP contribution is 2.37. The van der Waals surface area contributed by atoms with Gasteiger partial charge in [0.2, 0.25) is 5.91 Å². The Hall–Kier alpha value is -3.13. The zero-order valence-electron chi connectivity index (χ0n) is 20.3. The van der Waals surface area contributed by atoms with Gasteiger partial charge < -0.3 is 14.6 Å². The van der Waals surface area contributed by atoms with E-state index in [1.807, 2.05) is 31.2 Å². The van der Waals surface area contributed by atoms with E-state index in [1.165, 1.54) is 29.2 Å². The first-order chi connectivity index (χ1) is 16.9. The molecule has 8 heteroatoms. The Morgan fingerprint density at radius 1 is 1.20 bits per heavy atom. The maximum atomic E-state index is 12.4. The molecule has 1 aromatic heterocycles. The monoisotopic (exact) mass is 495 g/mol. The van der Waals surface area contributed by atoms with Crippen LogP contribution in [0.5, 0.6) is 5.75 Å². The number of hydrogen-bond donors (Lipinski definition) is 1. The lowest BCUT2D eigenvalue weighted by molar-refractivity contribution is -0.121. The molecule has 0 aliphatic heterocycles. The van der Waals surface area contributed by atoms with E-state index in [0.717, 1.165) is 25.0 Å². The Bertz CT molecular complexity index is 1250. The van der Waals surface area contributed by atoms with Gasteiger partial charge >= 0.3 is 0 Å². The topological polar surface area (TPSA) is 90.3 Å². The van der Waals surface area contributed by atoms with Crippen LogP contribution in [0, 0.1) is 0 Å². The van der Waals surface area contributed by atoms with Gasteiger partial charge in [0.05, 0.1) is 18.7 Å². The van der Waals surface area contributed by atoms with Crippen molar-refractivity contribution in [2.75, 3.05) is 12.4 Å². The van der Waals surface area contributed by atoms with Gasteiger partial charge in [-0.3, -0.25) is 4.79 Å². The molecule has 186 valence electrons. The van der Waals surface area contributed by atoms with Crippen molar-refractivity contribution in [2.24, 2.45) is 7.05 Å². The zero-order valence-corrected chi connectivity index (χ0v) is 21.1. The third kappa shape index (κ3) is 6.31. The number of benzene rings is 2. The van der Waals surface area contributed by atoms with Crippen LogP contribution in [-0.4, -0.2) is 42.3 Å². The molecule has 4 rings (SSSR count). The fourth-order valence-corrected chi connectivity index (χ4v) is 5.90. The summed E-state index contributed by atoms with van der Waals surface area (Å²) in [6.45, 7) is 2.17. The molecule has 35 heavy (non-hydrogen) atoms. The number of sulfone groups is 1. The first kappa shape index (κ1) is 25.0. The minimum Gasteiger partial charge on any atom is -0.494 e. The molecule has 0 fully saturated rings. The average Bonchev–Trinajstić information content (AvgIpc) is 3.31. The minimum atomic E-state index is -3.43. The van der Waals surface area contributed by atoms with E-state index in [1.54, 1.807) is 11.6 Å². The summed E-state index contributed by atoms with van der Waals surface area (Å²) < 4.78 is 32.5. The van der Waals surface area contributed by atoms with Crippen LogP contribution in [0.15, 0.2) is 66.1 Å². The molecule has 1 amide bonds. The van der Waals surface area contributed by atoms with Gasteiger partial charge in [-0.25, -0.2) is 13.4 Å². The van der Waals surface area contributed by atoms with Crippen LogP contribution in [0.2, 0.25) is 0 Å². The average molecular weight is 496 g/mol. The van der Waals surface area contributed by atoms with E-state index in [2.05, 4.69) is 34.6 Å². The van der Waals surface area contributed by atoms with Crippen LogP contribution < -0.4 is 10.1 Å². The number of amides is 1. The third-order valence-electron chi connectivity index (χ3n) is 6.52. The number of fused-ring (bicyclic) bond motifs is 1. The van der Waals surface area contributed by atoms with Crippen LogP contribution in [0.25, 0.3) is 0 Å². The van der Waals surface area contributed by atoms with Gasteiger partial charge in [0.25, 0.3) is 0 Å². The maximum absolute atomic E-state index is 12.4. The Balaban J connectivity index is 1.46. The molecule has 0 bridgehead atoms. The smallest absolute Gasteiger partial charge is 0.219 e. The zero-order chi connectivity index (χ0) is 24.8. The highest BCUT2D eigenvalue weighted by molar-refractivity contribution is 7.91. The molecule has 0 spiro atoms. The molecule has 2 atom stereocenters. The second kappa shape index (κ2) is 11.1. The van der Waals surface area contributed by atoms with Crippen LogP contribution >= 0.6 is 0 Å². The van der Waals surface area contributed by atoms with Crippen molar-refractivity contribution in [2.45, 2.75) is 56.0 Å². The lowest BCUT2D eigenvalue weighted by Gasteiger charge is -2.35. The summed E-state index contributed by atoms with van der Waals surface area (Å²) in [5.74, 6) is 0.916. The van der Waals surface area contributed by atoms with Crippen molar-refractivity contribution in [3.8, 4) is 5.75 Å². The van der Waals surface area contributed by atoms with E-state index >= 15 is 0 Å². The molecule has 7 nitrogen and oxygen atoms in total. The lowest BCUT2D eigenvalue weighted by atomic mass is 9.76. The fraction of sp³-hybridized carbons (Fsp3) is 0.407. The van der Waals surface area contributed by atoms with Gasteiger partial charge in [-0.1, -0.05) is 43.3 Å². The quantitative estimate of drug-likeness (QED) is 0.432. The fourth-order valence-electron chi connectivity index (χ4n) is 4.66. The van der Waals surface area contributed by atoms with Gasteiger partial charge in [0.1, 0.15) is 5.75 Å². The van der Waals surface area contributed by atoms with Crippen LogP contribution in [0.1, 0.15) is 48.8 Å². The van der Waals surface area contributed by atoms with Crippen LogP contribution in [0.4, 0.5) is 0 Å². The van der Waals surface area contributed by atoms with Crippen molar-refractivity contribution in [1.29, 1.82) is 0 Å². The van der Waals surface area contributed by atoms with Gasteiger partial charge in [0, 0.05) is 31.6 Å². The van der Waals surface area contributed by atoms with E-state index in [-0.39, 0.29) is 28.6 Å². The number of carbonyl (C=O) groups excluding carboxylic acids is 1. The second-order valence-electron chi connectivity index (χ2n) is 9.12. The highest BCUT2D eigenvalue weighted by Gasteiger charge is 2.31.